The highest BCUT2D eigenvalue weighted by atomic mass is 19.3. The Morgan fingerprint density at radius 2 is 1.78 bits per heavy atom. The third kappa shape index (κ3) is 17.7. The van der Waals surface area contributed by atoms with Gasteiger partial charge in [0.05, 0.1) is 24.9 Å². The van der Waals surface area contributed by atoms with Crippen molar-refractivity contribution in [3.05, 3.63) is 74.9 Å². The molecule has 0 aliphatic heterocycles. The first-order valence-electron chi connectivity index (χ1n) is 16.2. The molecule has 0 saturated heterocycles. The van der Waals surface area contributed by atoms with Crippen LogP contribution in [0.2, 0.25) is 0 Å². The van der Waals surface area contributed by atoms with E-state index in [1.54, 1.807) is 43.3 Å². The standard InChI is InChI=1S/C32H45F2N3O13/c1-23(35-31(41)46-18-10-9-13-25(50-37(44)45)21-49-36(42)43)20-47-30(40)15-8-3-2-7-14-26-27(29(39)19-28(26)38)16-17-32(33,34)22-48-24-11-5-4-6-12-24/h2,4-7,11-12,16-17,23,25-29,38-39H,3,8-10,13-15,18-22H2,1H3,(H,35,41)/t23-,25?,26+,27+,28-,29+/m0/s1. The second-order valence-corrected chi connectivity index (χ2v) is 11.8. The lowest BCUT2D eigenvalue weighted by Crippen LogP contribution is -2.37. The number of hydrogen-bond acceptors (Lipinski definition) is 13. The van der Waals surface area contributed by atoms with E-state index in [0.29, 0.717) is 43.9 Å². The van der Waals surface area contributed by atoms with Gasteiger partial charge in [0.25, 0.3) is 16.1 Å². The number of nitrogens with one attached hydrogen (secondary N) is 1. The first kappa shape index (κ1) is 41.6. The van der Waals surface area contributed by atoms with Crippen molar-refractivity contribution in [3.63, 3.8) is 0 Å². The summed E-state index contributed by atoms with van der Waals surface area (Å²) in [5, 5.41) is 41.8. The number of benzene rings is 1. The van der Waals surface area contributed by atoms with Gasteiger partial charge in [-0.1, -0.05) is 36.4 Å². The van der Waals surface area contributed by atoms with E-state index in [0.717, 1.165) is 0 Å². The summed E-state index contributed by atoms with van der Waals surface area (Å²) in [6.45, 7) is -0.0134. The number of rotatable bonds is 24. The summed E-state index contributed by atoms with van der Waals surface area (Å²) in [6.07, 6.45) is 3.97. The van der Waals surface area contributed by atoms with E-state index in [1.807, 2.05) is 6.08 Å². The second-order valence-electron chi connectivity index (χ2n) is 11.8. The first-order chi connectivity index (χ1) is 23.8. The number of amides is 1. The predicted octanol–water partition coefficient (Wildman–Crippen LogP) is 4.34. The monoisotopic (exact) mass is 717 g/mol. The third-order valence-electron chi connectivity index (χ3n) is 7.59. The average molecular weight is 718 g/mol. The largest absolute Gasteiger partial charge is 0.487 e. The van der Waals surface area contributed by atoms with E-state index in [1.165, 1.54) is 6.08 Å². The van der Waals surface area contributed by atoms with Gasteiger partial charge >= 0.3 is 12.1 Å². The number of alkyl carbamates (subject to hydrolysis) is 1. The number of allylic oxidation sites excluding steroid dienone is 2. The minimum atomic E-state index is -3.27. The van der Waals surface area contributed by atoms with E-state index >= 15 is 0 Å². The van der Waals surface area contributed by atoms with Gasteiger partial charge in [0, 0.05) is 18.8 Å². The molecule has 0 bridgehead atoms. The molecular weight excluding hydrogens is 672 g/mol. The Labute approximate surface area is 287 Å². The van der Waals surface area contributed by atoms with Crippen LogP contribution < -0.4 is 10.1 Å². The fourth-order valence-corrected chi connectivity index (χ4v) is 5.08. The molecule has 280 valence electrons. The molecule has 1 saturated carbocycles. The molecule has 1 fully saturated rings. The van der Waals surface area contributed by atoms with Crippen LogP contribution in [-0.4, -0.2) is 89.2 Å². The van der Waals surface area contributed by atoms with Crippen LogP contribution in [0.15, 0.2) is 54.6 Å². The second kappa shape index (κ2) is 22.2. The SMILES string of the molecule is C[C@@H](COC(=O)CCCC=CC[C@@H]1[C@@H](C=CC(F)(F)COc2ccccc2)[C@H](O)C[C@@H]1O)NC(=O)OCCCCC(CO[N+](=O)[O-])O[N+](=O)[O-]. The van der Waals surface area contributed by atoms with Crippen LogP contribution in [0.3, 0.4) is 0 Å². The van der Waals surface area contributed by atoms with Crippen molar-refractivity contribution >= 4 is 12.1 Å². The fraction of sp³-hybridized carbons (Fsp3) is 0.625. The molecule has 1 aromatic rings. The normalized spacial score (nSPS) is 20.3. The number of unbranched alkanes of at least 4 members (excludes halogenated alkanes) is 2. The molecule has 1 aliphatic carbocycles. The average Bonchev–Trinajstić information content (AvgIpc) is 3.33. The van der Waals surface area contributed by atoms with E-state index < -0.39 is 77.6 Å². The number of para-hydroxylation sites is 1. The number of halogens is 2. The maximum atomic E-state index is 14.4. The van der Waals surface area contributed by atoms with Crippen molar-refractivity contribution in [2.24, 2.45) is 11.8 Å². The van der Waals surface area contributed by atoms with Crippen LogP contribution in [0.1, 0.15) is 58.3 Å². The highest BCUT2D eigenvalue weighted by Crippen LogP contribution is 2.37. The van der Waals surface area contributed by atoms with Gasteiger partial charge in [-0.3, -0.25) is 4.79 Å². The van der Waals surface area contributed by atoms with Crippen LogP contribution in [0, 0.1) is 32.1 Å². The summed E-state index contributed by atoms with van der Waals surface area (Å²) in [4.78, 5) is 53.2. The molecule has 1 aliphatic rings. The molecule has 1 unspecified atom stereocenters. The van der Waals surface area contributed by atoms with Crippen molar-refractivity contribution in [2.75, 3.05) is 26.4 Å². The molecule has 3 N–H and O–H groups in total. The zero-order valence-electron chi connectivity index (χ0n) is 27.7. The lowest BCUT2D eigenvalue weighted by atomic mass is 9.89. The van der Waals surface area contributed by atoms with E-state index in [-0.39, 0.29) is 32.5 Å². The Morgan fingerprint density at radius 3 is 2.48 bits per heavy atom. The topological polar surface area (TPSA) is 219 Å². The van der Waals surface area contributed by atoms with E-state index in [2.05, 4.69) is 15.0 Å². The van der Waals surface area contributed by atoms with Crippen molar-refractivity contribution in [1.29, 1.82) is 0 Å². The van der Waals surface area contributed by atoms with Crippen LogP contribution in [0.5, 0.6) is 5.75 Å². The summed E-state index contributed by atoms with van der Waals surface area (Å²) in [7, 11) is 0. The maximum absolute atomic E-state index is 14.4. The molecular formula is C32H45F2N3O13. The smallest absolute Gasteiger partial charge is 0.407 e. The molecule has 1 amide bonds. The number of ether oxygens (including phenoxy) is 3. The van der Waals surface area contributed by atoms with Crippen LogP contribution in [0.25, 0.3) is 0 Å². The fourth-order valence-electron chi connectivity index (χ4n) is 5.08. The third-order valence-corrected chi connectivity index (χ3v) is 7.59. The van der Waals surface area contributed by atoms with Crippen LogP contribution in [-0.2, 0) is 23.9 Å². The Hall–Kier alpha value is -4.58. The van der Waals surface area contributed by atoms with Crippen LogP contribution in [0.4, 0.5) is 13.6 Å². The van der Waals surface area contributed by atoms with Gasteiger partial charge in [-0.05, 0) is 69.6 Å². The number of hydrogen-bond donors (Lipinski definition) is 3. The van der Waals surface area contributed by atoms with Crippen molar-refractivity contribution in [1.82, 2.24) is 5.32 Å². The number of aliphatic hydroxyl groups is 2. The first-order valence-corrected chi connectivity index (χ1v) is 16.2. The van der Waals surface area contributed by atoms with Gasteiger partial charge < -0.3 is 39.4 Å². The number of nitrogens with zero attached hydrogens (tertiary/aromatic N) is 2. The summed E-state index contributed by atoms with van der Waals surface area (Å²) in [5.74, 6) is -4.57. The lowest BCUT2D eigenvalue weighted by Gasteiger charge is -2.20. The maximum Gasteiger partial charge on any atom is 0.407 e. The molecule has 0 spiro atoms. The number of esters is 1. The molecule has 0 aromatic heterocycles. The number of alkyl halides is 2. The van der Waals surface area contributed by atoms with Gasteiger partial charge in [-0.15, -0.1) is 20.2 Å². The Bertz CT molecular complexity index is 1250. The summed E-state index contributed by atoms with van der Waals surface area (Å²) < 4.78 is 44.2. The minimum Gasteiger partial charge on any atom is -0.487 e. The van der Waals surface area contributed by atoms with Gasteiger partial charge in [-0.2, -0.15) is 8.78 Å². The zero-order chi connectivity index (χ0) is 36.9. The number of carbonyl (C=O) groups excluding carboxylic acids is 2. The van der Waals surface area contributed by atoms with Gasteiger partial charge in [-0.25, -0.2) is 4.79 Å². The molecule has 16 nitrogen and oxygen atoms in total. The molecule has 1 aromatic carbocycles. The molecule has 6 atom stereocenters. The Kier molecular flexibility index (Phi) is 18.5. The van der Waals surface area contributed by atoms with E-state index in [9.17, 15) is 48.8 Å². The number of carbonyl (C=O) groups is 2. The van der Waals surface area contributed by atoms with E-state index in [4.69, 9.17) is 14.2 Å². The van der Waals surface area contributed by atoms with Crippen molar-refractivity contribution < 1.29 is 62.6 Å². The van der Waals surface area contributed by atoms with Crippen molar-refractivity contribution in [3.8, 4) is 5.75 Å². The minimum absolute atomic E-state index is 0.0364. The van der Waals surface area contributed by atoms with Gasteiger partial charge in [0.2, 0.25) is 0 Å². The Morgan fingerprint density at radius 1 is 1.04 bits per heavy atom. The van der Waals surface area contributed by atoms with Gasteiger partial charge in [0.15, 0.2) is 6.61 Å². The van der Waals surface area contributed by atoms with Gasteiger partial charge in [0.1, 0.15) is 25.1 Å². The number of aliphatic hydroxyl groups excluding tert-OH is 2. The zero-order valence-corrected chi connectivity index (χ0v) is 27.7. The Balaban J connectivity index is 1.60. The molecule has 0 heterocycles. The van der Waals surface area contributed by atoms with Crippen LogP contribution >= 0.6 is 0 Å². The molecule has 18 heteroatoms. The quantitative estimate of drug-likeness (QED) is 0.0446. The molecule has 50 heavy (non-hydrogen) atoms. The molecule has 2 rings (SSSR count). The highest BCUT2D eigenvalue weighted by Gasteiger charge is 2.40. The predicted molar refractivity (Wildman–Crippen MR) is 171 cm³/mol. The summed E-state index contributed by atoms with van der Waals surface area (Å²) in [6, 6.07) is 7.67. The summed E-state index contributed by atoms with van der Waals surface area (Å²) >= 11 is 0. The van der Waals surface area contributed by atoms with Crippen molar-refractivity contribution in [2.45, 2.75) is 88.6 Å². The highest BCUT2D eigenvalue weighted by molar-refractivity contribution is 5.69. The lowest BCUT2D eigenvalue weighted by molar-refractivity contribution is -0.790. The molecule has 0 radical (unpaired) electrons. The summed E-state index contributed by atoms with van der Waals surface area (Å²) in [5.41, 5.74) is 0.